The number of nitrogens with one attached hydrogen (secondary N) is 1. The molecule has 152 valence electrons. The molecular weight excluding hydrogens is 398 g/mol. The van der Waals surface area contributed by atoms with Crippen molar-refractivity contribution in [2.45, 2.75) is 0 Å². The molecule has 1 heterocycles. The molecule has 0 saturated carbocycles. The summed E-state index contributed by atoms with van der Waals surface area (Å²) in [5, 5.41) is 19.9. The van der Waals surface area contributed by atoms with E-state index in [9.17, 15) is 14.4 Å². The number of carboxylic acids is 1. The molecule has 1 aromatic heterocycles. The molecule has 8 nitrogen and oxygen atoms in total. The highest BCUT2D eigenvalue weighted by molar-refractivity contribution is 6.09. The molecule has 2 N–H and O–H groups in total. The van der Waals surface area contributed by atoms with Gasteiger partial charge in [0.15, 0.2) is 6.29 Å². The van der Waals surface area contributed by atoms with Crippen LogP contribution in [0.2, 0.25) is 0 Å². The summed E-state index contributed by atoms with van der Waals surface area (Å²) in [7, 11) is 0. The summed E-state index contributed by atoms with van der Waals surface area (Å²) in [5.74, 6) is -1.09. The van der Waals surface area contributed by atoms with Gasteiger partial charge in [0, 0.05) is 11.1 Å². The number of benzene rings is 3. The Balaban J connectivity index is 1.63. The number of anilines is 1. The van der Waals surface area contributed by atoms with Crippen molar-refractivity contribution in [3.63, 3.8) is 0 Å². The van der Waals surface area contributed by atoms with E-state index in [1.54, 1.807) is 60.7 Å². The lowest BCUT2D eigenvalue weighted by molar-refractivity contribution is 0.0696. The number of aromatic carboxylic acids is 1. The molecule has 31 heavy (non-hydrogen) atoms. The van der Waals surface area contributed by atoms with Crippen LogP contribution in [0.1, 0.15) is 31.1 Å². The number of carbonyl (C=O) groups is 3. The van der Waals surface area contributed by atoms with Crippen LogP contribution in [0.25, 0.3) is 22.9 Å². The maximum Gasteiger partial charge on any atom is 0.335 e. The molecule has 8 heteroatoms. The van der Waals surface area contributed by atoms with Crippen LogP contribution in [-0.2, 0) is 0 Å². The smallest absolute Gasteiger partial charge is 0.335 e. The third-order valence-electron chi connectivity index (χ3n) is 4.54. The molecule has 0 radical (unpaired) electrons. The molecular formula is C23H15N3O5. The van der Waals surface area contributed by atoms with Gasteiger partial charge >= 0.3 is 5.97 Å². The molecule has 0 spiro atoms. The summed E-state index contributed by atoms with van der Waals surface area (Å²) in [6.07, 6.45) is 0.626. The standard InChI is InChI=1S/C23H15N3O5/c27-13-16-5-1-2-6-17(16)20(28)24-19-8-4-3-7-18(19)22-26-25-21(31-22)14-9-11-15(12-10-14)23(29)30/h1-13H,(H,24,28)(H,29,30). The molecule has 0 saturated heterocycles. The third kappa shape index (κ3) is 4.08. The number of rotatable bonds is 6. The SMILES string of the molecule is O=Cc1ccccc1C(=O)Nc1ccccc1-c1nnc(-c2ccc(C(=O)O)cc2)o1. The van der Waals surface area contributed by atoms with Crippen molar-refractivity contribution in [1.29, 1.82) is 0 Å². The first-order valence-electron chi connectivity index (χ1n) is 9.19. The van der Waals surface area contributed by atoms with Crippen LogP contribution < -0.4 is 5.32 Å². The number of hydrogen-bond acceptors (Lipinski definition) is 6. The molecule has 3 aromatic carbocycles. The van der Waals surface area contributed by atoms with E-state index < -0.39 is 11.9 Å². The van der Waals surface area contributed by atoms with Crippen LogP contribution in [0.3, 0.4) is 0 Å². The van der Waals surface area contributed by atoms with Gasteiger partial charge < -0.3 is 14.8 Å². The summed E-state index contributed by atoms with van der Waals surface area (Å²) in [6, 6.07) is 19.4. The molecule has 0 atom stereocenters. The second-order valence-electron chi connectivity index (χ2n) is 6.50. The predicted molar refractivity (Wildman–Crippen MR) is 112 cm³/mol. The van der Waals surface area contributed by atoms with Crippen molar-refractivity contribution in [3.8, 4) is 22.9 Å². The van der Waals surface area contributed by atoms with Crippen LogP contribution in [0, 0.1) is 0 Å². The molecule has 0 aliphatic carbocycles. The van der Waals surface area contributed by atoms with Crippen LogP contribution in [0.15, 0.2) is 77.2 Å². The fourth-order valence-corrected chi connectivity index (χ4v) is 2.98. The van der Waals surface area contributed by atoms with Gasteiger partial charge in [-0.15, -0.1) is 10.2 Å². The second-order valence-corrected chi connectivity index (χ2v) is 6.50. The summed E-state index contributed by atoms with van der Waals surface area (Å²) < 4.78 is 5.75. The Labute approximate surface area is 176 Å². The van der Waals surface area contributed by atoms with Crippen molar-refractivity contribution in [2.75, 3.05) is 5.32 Å². The Hall–Kier alpha value is -4.59. The lowest BCUT2D eigenvalue weighted by atomic mass is 10.1. The van der Waals surface area contributed by atoms with Gasteiger partial charge in [0.1, 0.15) is 0 Å². The largest absolute Gasteiger partial charge is 0.478 e. The van der Waals surface area contributed by atoms with E-state index in [2.05, 4.69) is 15.5 Å². The van der Waals surface area contributed by atoms with E-state index in [1.165, 1.54) is 12.1 Å². The summed E-state index contributed by atoms with van der Waals surface area (Å²) in [5.41, 5.74) is 2.17. The van der Waals surface area contributed by atoms with E-state index in [-0.39, 0.29) is 28.5 Å². The average Bonchev–Trinajstić information content (AvgIpc) is 3.29. The quantitative estimate of drug-likeness (QED) is 0.455. The zero-order chi connectivity index (χ0) is 21.8. The molecule has 4 rings (SSSR count). The highest BCUT2D eigenvalue weighted by Crippen LogP contribution is 2.30. The monoisotopic (exact) mass is 413 g/mol. The zero-order valence-electron chi connectivity index (χ0n) is 16.0. The number of aldehydes is 1. The minimum Gasteiger partial charge on any atom is -0.478 e. The Morgan fingerprint density at radius 3 is 2.29 bits per heavy atom. The Kier molecular flexibility index (Phi) is 5.35. The van der Waals surface area contributed by atoms with Crippen LogP contribution >= 0.6 is 0 Å². The Bertz CT molecular complexity index is 1280. The third-order valence-corrected chi connectivity index (χ3v) is 4.54. The van der Waals surface area contributed by atoms with Crippen LogP contribution in [0.5, 0.6) is 0 Å². The van der Waals surface area contributed by atoms with Gasteiger partial charge in [-0.2, -0.15) is 0 Å². The van der Waals surface area contributed by atoms with Crippen molar-refractivity contribution in [1.82, 2.24) is 10.2 Å². The van der Waals surface area contributed by atoms with E-state index in [4.69, 9.17) is 9.52 Å². The molecule has 0 fully saturated rings. The first kappa shape index (κ1) is 19.7. The van der Waals surface area contributed by atoms with Gasteiger partial charge in [-0.1, -0.05) is 30.3 Å². The van der Waals surface area contributed by atoms with E-state index in [0.717, 1.165) is 0 Å². The fourth-order valence-electron chi connectivity index (χ4n) is 2.98. The summed E-state index contributed by atoms with van der Waals surface area (Å²) in [6.45, 7) is 0. The number of nitrogens with zero attached hydrogens (tertiary/aromatic N) is 2. The zero-order valence-corrected chi connectivity index (χ0v) is 16.0. The topological polar surface area (TPSA) is 122 Å². The second kappa shape index (κ2) is 8.42. The van der Waals surface area contributed by atoms with Crippen LogP contribution in [0.4, 0.5) is 5.69 Å². The van der Waals surface area contributed by atoms with Gasteiger partial charge in [-0.25, -0.2) is 4.79 Å². The lowest BCUT2D eigenvalue weighted by Crippen LogP contribution is -2.14. The molecule has 0 unspecified atom stereocenters. The van der Waals surface area contributed by atoms with Gasteiger partial charge in [-0.3, -0.25) is 9.59 Å². The first-order valence-corrected chi connectivity index (χ1v) is 9.19. The maximum absolute atomic E-state index is 12.7. The minimum absolute atomic E-state index is 0.146. The molecule has 1 amide bonds. The summed E-state index contributed by atoms with van der Waals surface area (Å²) in [4.78, 5) is 34.9. The fraction of sp³-hybridized carbons (Fsp3) is 0. The molecule has 0 aliphatic rings. The Morgan fingerprint density at radius 1 is 0.871 bits per heavy atom. The number of hydrogen-bond donors (Lipinski definition) is 2. The van der Waals surface area contributed by atoms with Crippen LogP contribution in [-0.4, -0.2) is 33.5 Å². The summed E-state index contributed by atoms with van der Waals surface area (Å²) >= 11 is 0. The lowest BCUT2D eigenvalue weighted by Gasteiger charge is -2.09. The minimum atomic E-state index is -1.03. The maximum atomic E-state index is 12.7. The molecule has 0 bridgehead atoms. The normalized spacial score (nSPS) is 10.5. The number of para-hydroxylation sites is 1. The first-order chi connectivity index (χ1) is 15.1. The molecule has 0 aliphatic heterocycles. The van der Waals surface area contributed by atoms with Gasteiger partial charge in [0.2, 0.25) is 11.8 Å². The highest BCUT2D eigenvalue weighted by Gasteiger charge is 2.17. The van der Waals surface area contributed by atoms with Crippen molar-refractivity contribution < 1.29 is 23.9 Å². The number of carbonyl (C=O) groups excluding carboxylic acids is 2. The highest BCUT2D eigenvalue weighted by atomic mass is 16.4. The van der Waals surface area contributed by atoms with Gasteiger partial charge in [0.25, 0.3) is 5.91 Å². The van der Waals surface area contributed by atoms with E-state index in [1.807, 2.05) is 0 Å². The molecule has 4 aromatic rings. The van der Waals surface area contributed by atoms with Crippen molar-refractivity contribution >= 4 is 23.9 Å². The predicted octanol–water partition coefficient (Wildman–Crippen LogP) is 4.17. The van der Waals surface area contributed by atoms with Crippen molar-refractivity contribution in [2.24, 2.45) is 0 Å². The van der Waals surface area contributed by atoms with Crippen molar-refractivity contribution in [3.05, 3.63) is 89.5 Å². The average molecular weight is 413 g/mol. The van der Waals surface area contributed by atoms with Gasteiger partial charge in [0.05, 0.1) is 22.4 Å². The number of amides is 1. The van der Waals surface area contributed by atoms with E-state index >= 15 is 0 Å². The van der Waals surface area contributed by atoms with E-state index in [0.29, 0.717) is 23.1 Å². The Morgan fingerprint density at radius 2 is 1.55 bits per heavy atom. The number of carboxylic acid groups (broad SMARTS) is 1. The number of aromatic nitrogens is 2. The van der Waals surface area contributed by atoms with Gasteiger partial charge in [-0.05, 0) is 42.5 Å².